The summed E-state index contributed by atoms with van der Waals surface area (Å²) in [7, 11) is 1.67. The molecule has 1 N–H and O–H groups in total. The van der Waals surface area contributed by atoms with Gasteiger partial charge in [0, 0.05) is 13.6 Å². The second-order valence-electron chi connectivity index (χ2n) is 2.52. The van der Waals surface area contributed by atoms with Crippen molar-refractivity contribution in [2.45, 2.75) is 6.43 Å². The molecule has 0 aliphatic carbocycles. The Bertz CT molecular complexity index is 266. The van der Waals surface area contributed by atoms with Gasteiger partial charge >= 0.3 is 0 Å². The number of nitrogens with one attached hydrogen (secondary N) is 1. The third kappa shape index (κ3) is 3.60. The van der Waals surface area contributed by atoms with E-state index >= 15 is 0 Å². The van der Waals surface area contributed by atoms with Crippen LogP contribution in [0.25, 0.3) is 0 Å². The molecular weight excluding hydrogens is 196 g/mol. The van der Waals surface area contributed by atoms with Gasteiger partial charge in [-0.1, -0.05) is 5.10 Å². The number of nitrogens with zero attached hydrogens (tertiary/aromatic N) is 4. The molecule has 1 aromatic rings. The average Bonchev–Trinajstić information content (AvgIpc) is 2.51. The quantitative estimate of drug-likeness (QED) is 0.660. The van der Waals surface area contributed by atoms with Gasteiger partial charge in [-0.2, -0.15) is 0 Å². The van der Waals surface area contributed by atoms with Gasteiger partial charge in [-0.15, -0.1) is 0 Å². The zero-order valence-electron chi connectivity index (χ0n) is 7.65. The Morgan fingerprint density at radius 3 is 2.93 bits per heavy atom. The maximum Gasteiger partial charge on any atom is 0.261 e. The lowest BCUT2D eigenvalue weighted by atomic mass is 10.6. The van der Waals surface area contributed by atoms with Crippen LogP contribution in [0.2, 0.25) is 0 Å². The number of alkyl halides is 2. The first-order valence-electron chi connectivity index (χ1n) is 4.02. The Morgan fingerprint density at radius 1 is 1.57 bits per heavy atom. The molecule has 8 heteroatoms. The summed E-state index contributed by atoms with van der Waals surface area (Å²) < 4.78 is 29.3. The predicted octanol–water partition coefficient (Wildman–Crippen LogP) is -0.0963. The molecule has 0 aliphatic rings. The van der Waals surface area contributed by atoms with Crippen LogP contribution in [0.5, 0.6) is 0 Å². The third-order valence-electron chi connectivity index (χ3n) is 1.39. The first-order valence-corrected chi connectivity index (χ1v) is 4.02. The third-order valence-corrected chi connectivity index (χ3v) is 1.39. The zero-order chi connectivity index (χ0) is 10.4. The number of rotatable bonds is 6. The lowest BCUT2D eigenvalue weighted by Crippen LogP contribution is -2.15. The molecule has 0 aliphatic heterocycles. The largest absolute Gasteiger partial charge is 0.374 e. The van der Waals surface area contributed by atoms with Gasteiger partial charge in [0.05, 0.1) is 6.61 Å². The number of halogens is 2. The van der Waals surface area contributed by atoms with E-state index in [0.29, 0.717) is 12.5 Å². The van der Waals surface area contributed by atoms with E-state index in [9.17, 15) is 8.78 Å². The van der Waals surface area contributed by atoms with E-state index in [-0.39, 0.29) is 6.61 Å². The van der Waals surface area contributed by atoms with Crippen molar-refractivity contribution >= 4 is 5.95 Å². The number of hydrogen-bond acceptors (Lipinski definition) is 5. The van der Waals surface area contributed by atoms with E-state index in [0.717, 1.165) is 0 Å². The highest BCUT2D eigenvalue weighted by molar-refractivity contribution is 5.20. The minimum absolute atomic E-state index is 0.192. The van der Waals surface area contributed by atoms with Crippen molar-refractivity contribution in [3.63, 3.8) is 0 Å². The van der Waals surface area contributed by atoms with Gasteiger partial charge in [0.25, 0.3) is 6.43 Å². The lowest BCUT2D eigenvalue weighted by Gasteiger charge is -2.04. The predicted molar refractivity (Wildman–Crippen MR) is 44.1 cm³/mol. The van der Waals surface area contributed by atoms with Gasteiger partial charge in [-0.05, 0) is 10.4 Å². The number of aromatic nitrogens is 4. The molecule has 80 valence electrons. The summed E-state index contributed by atoms with van der Waals surface area (Å²) in [5.74, 6) is 0.477. The van der Waals surface area contributed by atoms with Gasteiger partial charge in [0.15, 0.2) is 0 Å². The van der Waals surface area contributed by atoms with Crippen LogP contribution in [-0.2, 0) is 11.8 Å². The van der Waals surface area contributed by atoms with Gasteiger partial charge in [0.2, 0.25) is 5.95 Å². The van der Waals surface area contributed by atoms with Crippen molar-refractivity contribution in [1.82, 2.24) is 20.2 Å². The normalized spacial score (nSPS) is 10.9. The highest BCUT2D eigenvalue weighted by atomic mass is 19.3. The Balaban J connectivity index is 2.08. The molecule has 0 bridgehead atoms. The maximum absolute atomic E-state index is 11.6. The Morgan fingerprint density at radius 2 is 2.36 bits per heavy atom. The lowest BCUT2D eigenvalue weighted by molar-refractivity contribution is 0.0214. The minimum Gasteiger partial charge on any atom is -0.374 e. The van der Waals surface area contributed by atoms with E-state index in [4.69, 9.17) is 0 Å². The van der Waals surface area contributed by atoms with Crippen molar-refractivity contribution < 1.29 is 13.5 Å². The molecule has 1 rings (SSSR count). The Labute approximate surface area is 79.2 Å². The van der Waals surface area contributed by atoms with Gasteiger partial charge in [0.1, 0.15) is 6.61 Å². The second kappa shape index (κ2) is 5.43. The summed E-state index contributed by atoms with van der Waals surface area (Å²) in [5, 5.41) is 13.4. The highest BCUT2D eigenvalue weighted by Gasteiger charge is 2.02. The number of aryl methyl sites for hydroxylation is 1. The van der Waals surface area contributed by atoms with Crippen molar-refractivity contribution in [3.05, 3.63) is 0 Å². The molecule has 0 radical (unpaired) electrons. The monoisotopic (exact) mass is 207 g/mol. The SMILES string of the molecule is Cn1nnnc1NCCOCC(F)F. The maximum atomic E-state index is 11.6. The first-order chi connectivity index (χ1) is 6.70. The topological polar surface area (TPSA) is 64.9 Å². The molecule has 1 aromatic heterocycles. The van der Waals surface area contributed by atoms with Crippen molar-refractivity contribution in [2.24, 2.45) is 7.05 Å². The minimum atomic E-state index is -2.42. The van der Waals surface area contributed by atoms with Crippen molar-refractivity contribution in [3.8, 4) is 0 Å². The first kappa shape index (κ1) is 10.8. The van der Waals surface area contributed by atoms with Crippen molar-refractivity contribution in [1.29, 1.82) is 0 Å². The van der Waals surface area contributed by atoms with Crippen LogP contribution < -0.4 is 5.32 Å². The summed E-state index contributed by atoms with van der Waals surface area (Å²) in [6, 6.07) is 0. The molecule has 0 unspecified atom stereocenters. The van der Waals surface area contributed by atoms with Crippen molar-refractivity contribution in [2.75, 3.05) is 25.1 Å². The zero-order valence-corrected chi connectivity index (χ0v) is 7.65. The molecule has 6 nitrogen and oxygen atoms in total. The van der Waals surface area contributed by atoms with Crippen LogP contribution in [0, 0.1) is 0 Å². The highest BCUT2D eigenvalue weighted by Crippen LogP contribution is 1.95. The van der Waals surface area contributed by atoms with Crippen LogP contribution in [0.1, 0.15) is 0 Å². The summed E-state index contributed by atoms with van der Waals surface area (Å²) >= 11 is 0. The standard InChI is InChI=1S/C6H11F2N5O/c1-13-6(10-11-12-13)9-2-3-14-4-5(7)8/h5H,2-4H2,1H3,(H,9,10,12). The average molecular weight is 207 g/mol. The van der Waals surface area contributed by atoms with E-state index in [1.165, 1.54) is 4.68 Å². The Kier molecular flexibility index (Phi) is 4.17. The molecule has 0 spiro atoms. The van der Waals surface area contributed by atoms with E-state index < -0.39 is 13.0 Å². The molecule has 0 saturated heterocycles. The van der Waals surface area contributed by atoms with Crippen LogP contribution in [-0.4, -0.2) is 46.4 Å². The van der Waals surface area contributed by atoms with Gasteiger partial charge < -0.3 is 10.1 Å². The summed E-state index contributed by atoms with van der Waals surface area (Å²) in [6.07, 6.45) is -2.42. The van der Waals surface area contributed by atoms with E-state index in [2.05, 4.69) is 25.6 Å². The fraction of sp³-hybridized carbons (Fsp3) is 0.833. The summed E-state index contributed by atoms with van der Waals surface area (Å²) in [5.41, 5.74) is 0. The number of hydrogen-bond donors (Lipinski definition) is 1. The number of tetrazole rings is 1. The van der Waals surface area contributed by atoms with Gasteiger partial charge in [-0.3, -0.25) is 0 Å². The summed E-state index contributed by atoms with van der Waals surface area (Å²) in [6.45, 7) is 0.0386. The van der Waals surface area contributed by atoms with E-state index in [1.807, 2.05) is 0 Å². The fourth-order valence-corrected chi connectivity index (χ4v) is 0.787. The van der Waals surface area contributed by atoms with Crippen LogP contribution in [0.3, 0.4) is 0 Å². The van der Waals surface area contributed by atoms with E-state index in [1.54, 1.807) is 7.05 Å². The smallest absolute Gasteiger partial charge is 0.261 e. The molecule has 14 heavy (non-hydrogen) atoms. The fourth-order valence-electron chi connectivity index (χ4n) is 0.787. The number of anilines is 1. The molecule has 0 amide bonds. The number of ether oxygens (including phenoxy) is 1. The molecule has 0 aromatic carbocycles. The van der Waals surface area contributed by atoms with Gasteiger partial charge in [-0.25, -0.2) is 13.5 Å². The Hall–Kier alpha value is -1.31. The second-order valence-corrected chi connectivity index (χ2v) is 2.52. The van der Waals surface area contributed by atoms with Crippen LogP contribution in [0.4, 0.5) is 14.7 Å². The molecule has 1 heterocycles. The van der Waals surface area contributed by atoms with Crippen LogP contribution in [0.15, 0.2) is 0 Å². The molecule has 0 saturated carbocycles. The summed E-state index contributed by atoms with van der Waals surface area (Å²) in [4.78, 5) is 0. The molecule has 0 fully saturated rings. The molecule has 0 atom stereocenters. The van der Waals surface area contributed by atoms with Crippen LogP contribution >= 0.6 is 0 Å². The molecular formula is C6H11F2N5O.